The zero-order valence-corrected chi connectivity index (χ0v) is 12.7. The van der Waals surface area contributed by atoms with Gasteiger partial charge in [-0.2, -0.15) is 0 Å². The molecule has 0 radical (unpaired) electrons. The topological polar surface area (TPSA) is 51.8 Å². The third kappa shape index (κ3) is 3.47. The van der Waals surface area contributed by atoms with Crippen LogP contribution in [0, 0.1) is 0 Å². The zero-order valence-electron chi connectivity index (χ0n) is 10.3. The fourth-order valence-electron chi connectivity index (χ4n) is 1.44. The van der Waals surface area contributed by atoms with Crippen LogP contribution in [0.2, 0.25) is 0 Å². The van der Waals surface area contributed by atoms with Gasteiger partial charge in [-0.05, 0) is 30.4 Å². The third-order valence-electron chi connectivity index (χ3n) is 2.52. The van der Waals surface area contributed by atoms with Crippen molar-refractivity contribution in [3.63, 3.8) is 0 Å². The summed E-state index contributed by atoms with van der Waals surface area (Å²) in [5.74, 6) is 0. The molecule has 0 aliphatic rings. The number of thioether (sulfide) groups is 1. The maximum Gasteiger partial charge on any atom is 0.179 e. The Labute approximate surface area is 120 Å². The van der Waals surface area contributed by atoms with E-state index in [1.54, 1.807) is 34.9 Å². The first-order valence-corrected chi connectivity index (χ1v) is 8.49. The summed E-state index contributed by atoms with van der Waals surface area (Å²) >= 11 is 4.89. The molecule has 0 saturated carbocycles. The summed E-state index contributed by atoms with van der Waals surface area (Å²) in [5.41, 5.74) is 7.17. The molecule has 0 fully saturated rings. The Hall–Kier alpha value is -0.560. The average Bonchev–Trinajstić information content (AvgIpc) is 2.86. The van der Waals surface area contributed by atoms with E-state index in [9.17, 15) is 0 Å². The van der Waals surface area contributed by atoms with Crippen LogP contribution in [-0.2, 0) is 0 Å². The maximum atomic E-state index is 5.99. The Bertz CT molecular complexity index is 496. The second-order valence-corrected chi connectivity index (χ2v) is 7.08. The molecule has 1 aromatic carbocycles. The summed E-state index contributed by atoms with van der Waals surface area (Å²) in [6.07, 6.45) is 2.97. The van der Waals surface area contributed by atoms with Gasteiger partial charge in [0.25, 0.3) is 0 Å². The number of nitrogens with zero attached hydrogens (tertiary/aromatic N) is 2. The van der Waals surface area contributed by atoms with Gasteiger partial charge in [0, 0.05) is 10.9 Å². The summed E-state index contributed by atoms with van der Waals surface area (Å²) in [5, 5.41) is 8.22. The van der Waals surface area contributed by atoms with E-state index in [2.05, 4.69) is 41.4 Å². The molecule has 1 unspecified atom stereocenters. The van der Waals surface area contributed by atoms with E-state index < -0.39 is 0 Å². The van der Waals surface area contributed by atoms with Crippen molar-refractivity contribution in [2.24, 2.45) is 5.73 Å². The third-order valence-corrected chi connectivity index (χ3v) is 5.47. The number of hydrogen-bond acceptors (Lipinski definition) is 6. The van der Waals surface area contributed by atoms with Crippen molar-refractivity contribution in [2.75, 3.05) is 6.26 Å². The molecule has 0 saturated heterocycles. The van der Waals surface area contributed by atoms with Crippen molar-refractivity contribution >= 4 is 34.9 Å². The van der Waals surface area contributed by atoms with E-state index in [-0.39, 0.29) is 6.04 Å². The molecule has 1 atom stereocenters. The first-order chi connectivity index (χ1) is 8.72. The SMILES string of the molecule is CCC(N)c1ccc(Sc2nnc(SC)s2)cc1. The smallest absolute Gasteiger partial charge is 0.179 e. The molecule has 0 aliphatic carbocycles. The fraction of sp³-hybridized carbons (Fsp3) is 0.333. The molecule has 2 aromatic rings. The minimum absolute atomic E-state index is 0.133. The minimum Gasteiger partial charge on any atom is -0.324 e. The highest BCUT2D eigenvalue weighted by molar-refractivity contribution is 8.03. The fourth-order valence-corrected chi connectivity index (χ4v) is 3.85. The lowest BCUT2D eigenvalue weighted by Crippen LogP contribution is -2.07. The molecule has 3 nitrogen and oxygen atoms in total. The molecule has 1 aromatic heterocycles. The molecule has 0 aliphatic heterocycles. The van der Waals surface area contributed by atoms with E-state index in [1.165, 1.54) is 10.5 Å². The molecule has 0 amide bonds. The molecular formula is C12H15N3S3. The van der Waals surface area contributed by atoms with Crippen LogP contribution < -0.4 is 5.73 Å². The van der Waals surface area contributed by atoms with Crippen LogP contribution in [0.15, 0.2) is 37.8 Å². The second kappa shape index (κ2) is 6.56. The van der Waals surface area contributed by atoms with Crippen LogP contribution in [0.3, 0.4) is 0 Å². The summed E-state index contributed by atoms with van der Waals surface area (Å²) < 4.78 is 1.98. The van der Waals surface area contributed by atoms with Crippen molar-refractivity contribution < 1.29 is 0 Å². The normalized spacial score (nSPS) is 12.6. The van der Waals surface area contributed by atoms with Crippen LogP contribution in [0.4, 0.5) is 0 Å². The first kappa shape index (κ1) is 13.9. The Morgan fingerprint density at radius 3 is 2.44 bits per heavy atom. The lowest BCUT2D eigenvalue weighted by atomic mass is 10.1. The van der Waals surface area contributed by atoms with Gasteiger partial charge in [0.2, 0.25) is 0 Å². The maximum absolute atomic E-state index is 5.99. The largest absolute Gasteiger partial charge is 0.324 e. The summed E-state index contributed by atoms with van der Waals surface area (Å²) in [6, 6.07) is 8.50. The van der Waals surface area contributed by atoms with Gasteiger partial charge in [-0.15, -0.1) is 10.2 Å². The molecule has 0 spiro atoms. The number of benzene rings is 1. The van der Waals surface area contributed by atoms with Gasteiger partial charge in [0.15, 0.2) is 8.68 Å². The molecule has 0 bridgehead atoms. The van der Waals surface area contributed by atoms with Crippen molar-refractivity contribution in [2.45, 2.75) is 33.0 Å². The van der Waals surface area contributed by atoms with E-state index >= 15 is 0 Å². The van der Waals surface area contributed by atoms with Crippen LogP contribution in [0.1, 0.15) is 24.9 Å². The monoisotopic (exact) mass is 297 g/mol. The highest BCUT2D eigenvalue weighted by atomic mass is 32.2. The van der Waals surface area contributed by atoms with Gasteiger partial charge < -0.3 is 5.73 Å². The van der Waals surface area contributed by atoms with Crippen molar-refractivity contribution in [3.8, 4) is 0 Å². The molecule has 1 heterocycles. The van der Waals surface area contributed by atoms with Gasteiger partial charge in [-0.25, -0.2) is 0 Å². The highest BCUT2D eigenvalue weighted by Crippen LogP contribution is 2.33. The second-order valence-electron chi connectivity index (χ2n) is 3.72. The Balaban J connectivity index is 2.06. The quantitative estimate of drug-likeness (QED) is 0.850. The number of aromatic nitrogens is 2. The molecule has 6 heteroatoms. The van der Waals surface area contributed by atoms with E-state index in [0.29, 0.717) is 0 Å². The van der Waals surface area contributed by atoms with Gasteiger partial charge in [0.05, 0.1) is 0 Å². The van der Waals surface area contributed by atoms with Gasteiger partial charge >= 0.3 is 0 Å². The lowest BCUT2D eigenvalue weighted by Gasteiger charge is -2.09. The van der Waals surface area contributed by atoms with Crippen LogP contribution in [0.5, 0.6) is 0 Å². The average molecular weight is 297 g/mol. The number of rotatable bonds is 5. The van der Waals surface area contributed by atoms with Crippen LogP contribution >= 0.6 is 34.9 Å². The molecule has 2 rings (SSSR count). The van der Waals surface area contributed by atoms with Crippen molar-refractivity contribution in [3.05, 3.63) is 29.8 Å². The standard InChI is InChI=1S/C12H15N3S3/c1-3-10(13)8-4-6-9(7-5-8)17-12-15-14-11(16-2)18-12/h4-7,10H,3,13H2,1-2H3. The predicted molar refractivity (Wildman–Crippen MR) is 79.5 cm³/mol. The van der Waals surface area contributed by atoms with E-state index in [0.717, 1.165) is 15.1 Å². The minimum atomic E-state index is 0.133. The molecule has 18 heavy (non-hydrogen) atoms. The summed E-state index contributed by atoms with van der Waals surface area (Å²) in [6.45, 7) is 2.10. The highest BCUT2D eigenvalue weighted by Gasteiger charge is 2.06. The van der Waals surface area contributed by atoms with E-state index in [1.807, 2.05) is 6.26 Å². The predicted octanol–water partition coefficient (Wildman–Crippen LogP) is 3.82. The Kier molecular flexibility index (Phi) is 5.05. The summed E-state index contributed by atoms with van der Waals surface area (Å²) in [4.78, 5) is 1.17. The summed E-state index contributed by atoms with van der Waals surface area (Å²) in [7, 11) is 0. The first-order valence-electron chi connectivity index (χ1n) is 5.63. The lowest BCUT2D eigenvalue weighted by molar-refractivity contribution is 0.698. The molecule has 2 N–H and O–H groups in total. The van der Waals surface area contributed by atoms with Crippen LogP contribution in [0.25, 0.3) is 0 Å². The number of nitrogens with two attached hydrogens (primary N) is 1. The van der Waals surface area contributed by atoms with Crippen molar-refractivity contribution in [1.29, 1.82) is 0 Å². The van der Waals surface area contributed by atoms with Crippen molar-refractivity contribution in [1.82, 2.24) is 10.2 Å². The zero-order chi connectivity index (χ0) is 13.0. The number of hydrogen-bond donors (Lipinski definition) is 1. The Morgan fingerprint density at radius 1 is 1.22 bits per heavy atom. The van der Waals surface area contributed by atoms with Gasteiger partial charge in [0.1, 0.15) is 0 Å². The van der Waals surface area contributed by atoms with Gasteiger partial charge in [-0.3, -0.25) is 0 Å². The molecule has 96 valence electrons. The van der Waals surface area contributed by atoms with Crippen LogP contribution in [-0.4, -0.2) is 16.5 Å². The van der Waals surface area contributed by atoms with Gasteiger partial charge in [-0.1, -0.05) is 53.9 Å². The molecular weight excluding hydrogens is 282 g/mol. The Morgan fingerprint density at radius 2 is 1.89 bits per heavy atom. The van der Waals surface area contributed by atoms with E-state index in [4.69, 9.17) is 5.73 Å².